The summed E-state index contributed by atoms with van der Waals surface area (Å²) >= 11 is 1.63. The fourth-order valence-corrected chi connectivity index (χ4v) is 4.38. The Morgan fingerprint density at radius 2 is 1.60 bits per heavy atom. The number of aryl methyl sites for hydroxylation is 1. The number of amides is 1. The highest BCUT2D eigenvalue weighted by molar-refractivity contribution is 7.18. The fourth-order valence-electron chi connectivity index (χ4n) is 2.31. The highest BCUT2D eigenvalue weighted by Crippen LogP contribution is 2.30. The molecule has 164 valence electrons. The number of alkyl halides is 6. The van der Waals surface area contributed by atoms with Crippen LogP contribution in [0.25, 0.3) is 10.2 Å². The van der Waals surface area contributed by atoms with Crippen LogP contribution in [0, 0.1) is 6.92 Å². The first-order valence-corrected chi connectivity index (χ1v) is 9.59. The molecule has 0 aliphatic carbocycles. The number of nitrogens with two attached hydrogens (primary N) is 2. The van der Waals surface area contributed by atoms with E-state index in [4.69, 9.17) is 11.5 Å². The van der Waals surface area contributed by atoms with Gasteiger partial charge in [0, 0.05) is 9.75 Å². The third kappa shape index (κ3) is 6.73. The van der Waals surface area contributed by atoms with Crippen molar-refractivity contribution in [1.82, 2.24) is 9.97 Å². The SMILES string of the molecule is Cc1nc2sc(CC(F)(F)F)cc2c(=O)[nH]1.NC(=O)c1cc(CC(F)(F)F)sc1N. The maximum Gasteiger partial charge on any atom is 0.393 e. The van der Waals surface area contributed by atoms with Crippen molar-refractivity contribution >= 4 is 43.8 Å². The van der Waals surface area contributed by atoms with Gasteiger partial charge in [-0.25, -0.2) is 4.98 Å². The Kier molecular flexibility index (Phi) is 6.81. The molecule has 1 amide bonds. The number of nitrogen functional groups attached to an aromatic ring is 1. The van der Waals surface area contributed by atoms with E-state index in [-0.39, 0.29) is 25.7 Å². The van der Waals surface area contributed by atoms with Gasteiger partial charge in [-0.2, -0.15) is 26.3 Å². The summed E-state index contributed by atoms with van der Waals surface area (Å²) in [5, 5.41) is 0.242. The van der Waals surface area contributed by atoms with Crippen LogP contribution in [0.2, 0.25) is 0 Å². The number of thiophene rings is 2. The molecule has 0 radical (unpaired) electrons. The predicted molar refractivity (Wildman–Crippen MR) is 102 cm³/mol. The summed E-state index contributed by atoms with van der Waals surface area (Å²) < 4.78 is 72.2. The van der Waals surface area contributed by atoms with E-state index in [0.717, 1.165) is 28.7 Å². The van der Waals surface area contributed by atoms with Crippen LogP contribution >= 0.6 is 22.7 Å². The number of hydrogen-bond donors (Lipinski definition) is 3. The van der Waals surface area contributed by atoms with E-state index < -0.39 is 36.7 Å². The van der Waals surface area contributed by atoms with E-state index >= 15 is 0 Å². The number of fused-ring (bicyclic) bond motifs is 1. The van der Waals surface area contributed by atoms with Gasteiger partial charge < -0.3 is 16.5 Å². The normalized spacial score (nSPS) is 12.0. The Bertz CT molecular complexity index is 1110. The van der Waals surface area contributed by atoms with Crippen molar-refractivity contribution in [3.63, 3.8) is 0 Å². The zero-order valence-electron chi connectivity index (χ0n) is 15.1. The van der Waals surface area contributed by atoms with Crippen LogP contribution in [0.4, 0.5) is 31.3 Å². The summed E-state index contributed by atoms with van der Waals surface area (Å²) in [5.74, 6) is -0.412. The van der Waals surface area contributed by atoms with Crippen LogP contribution in [-0.4, -0.2) is 28.2 Å². The second-order valence-corrected chi connectivity index (χ2v) is 8.31. The number of primary amides is 1. The number of carbonyl (C=O) groups is 1. The molecule has 0 bridgehead atoms. The molecular formula is C16H14F6N4O2S2. The van der Waals surface area contributed by atoms with Gasteiger partial charge in [-0.1, -0.05) is 0 Å². The second-order valence-electron chi connectivity index (χ2n) is 6.02. The minimum Gasteiger partial charge on any atom is -0.390 e. The van der Waals surface area contributed by atoms with E-state index in [2.05, 4.69) is 9.97 Å². The fraction of sp³-hybridized carbons (Fsp3) is 0.312. The minimum absolute atomic E-state index is 0.0104. The lowest BCUT2D eigenvalue weighted by Crippen LogP contribution is -2.12. The van der Waals surface area contributed by atoms with Crippen LogP contribution < -0.4 is 17.0 Å². The number of anilines is 1. The maximum absolute atomic E-state index is 12.1. The number of H-pyrrole nitrogens is 1. The van der Waals surface area contributed by atoms with Crippen LogP contribution in [0.5, 0.6) is 0 Å². The zero-order chi connectivity index (χ0) is 22.9. The monoisotopic (exact) mass is 472 g/mol. The van der Waals surface area contributed by atoms with E-state index in [0.29, 0.717) is 10.7 Å². The number of nitrogens with zero attached hydrogens (tertiary/aromatic N) is 1. The summed E-state index contributed by atoms with van der Waals surface area (Å²) in [6, 6.07) is 2.33. The molecule has 0 saturated heterocycles. The van der Waals surface area contributed by atoms with Crippen molar-refractivity contribution in [2.45, 2.75) is 32.1 Å². The summed E-state index contributed by atoms with van der Waals surface area (Å²) in [6.07, 6.45) is -10.7. The quantitative estimate of drug-likeness (QED) is 0.501. The van der Waals surface area contributed by atoms with Crippen LogP contribution in [0.1, 0.15) is 25.9 Å². The lowest BCUT2D eigenvalue weighted by molar-refractivity contribution is -0.127. The van der Waals surface area contributed by atoms with Gasteiger partial charge in [0.1, 0.15) is 10.7 Å². The Balaban J connectivity index is 0.000000216. The molecule has 3 rings (SSSR count). The number of rotatable bonds is 3. The van der Waals surface area contributed by atoms with E-state index in [1.54, 1.807) is 6.92 Å². The molecule has 3 heterocycles. The molecule has 6 nitrogen and oxygen atoms in total. The van der Waals surface area contributed by atoms with Crippen molar-refractivity contribution < 1.29 is 31.1 Å². The molecule has 3 aromatic heterocycles. The van der Waals surface area contributed by atoms with Gasteiger partial charge in [-0.05, 0) is 19.1 Å². The molecule has 0 unspecified atom stereocenters. The van der Waals surface area contributed by atoms with Gasteiger partial charge in [0.25, 0.3) is 11.5 Å². The van der Waals surface area contributed by atoms with E-state index in [1.807, 2.05) is 0 Å². The molecule has 0 aliphatic heterocycles. The number of aromatic nitrogens is 2. The first-order valence-electron chi connectivity index (χ1n) is 7.95. The molecule has 5 N–H and O–H groups in total. The van der Waals surface area contributed by atoms with Crippen molar-refractivity contribution in [1.29, 1.82) is 0 Å². The van der Waals surface area contributed by atoms with Crippen molar-refractivity contribution in [2.24, 2.45) is 5.73 Å². The summed E-state index contributed by atoms with van der Waals surface area (Å²) in [7, 11) is 0. The molecular weight excluding hydrogens is 458 g/mol. The summed E-state index contributed by atoms with van der Waals surface area (Å²) in [5.41, 5.74) is 9.77. The number of halogens is 6. The van der Waals surface area contributed by atoms with Gasteiger partial charge in [-0.15, -0.1) is 22.7 Å². The Morgan fingerprint density at radius 3 is 2.07 bits per heavy atom. The minimum atomic E-state index is -4.30. The van der Waals surface area contributed by atoms with Crippen molar-refractivity contribution in [2.75, 3.05) is 5.73 Å². The first kappa shape index (κ1) is 23.7. The Hall–Kier alpha value is -2.61. The third-order valence-corrected chi connectivity index (χ3v) is 5.39. The topological polar surface area (TPSA) is 115 Å². The zero-order valence-corrected chi connectivity index (χ0v) is 16.7. The van der Waals surface area contributed by atoms with E-state index in [1.165, 1.54) is 6.07 Å². The van der Waals surface area contributed by atoms with Crippen molar-refractivity contribution in [3.8, 4) is 0 Å². The lowest BCUT2D eigenvalue weighted by atomic mass is 10.2. The Labute approximate surface area is 172 Å². The second kappa shape index (κ2) is 8.63. The summed E-state index contributed by atoms with van der Waals surface area (Å²) in [6.45, 7) is 1.59. The smallest absolute Gasteiger partial charge is 0.390 e. The average molecular weight is 472 g/mol. The molecule has 0 atom stereocenters. The van der Waals surface area contributed by atoms with E-state index in [9.17, 15) is 35.9 Å². The van der Waals surface area contributed by atoms with Gasteiger partial charge in [0.15, 0.2) is 0 Å². The van der Waals surface area contributed by atoms with Gasteiger partial charge in [-0.3, -0.25) is 9.59 Å². The predicted octanol–water partition coefficient (Wildman–Crippen LogP) is 3.93. The highest BCUT2D eigenvalue weighted by atomic mass is 32.1. The summed E-state index contributed by atoms with van der Waals surface area (Å²) in [4.78, 5) is 28.9. The van der Waals surface area contributed by atoms with Crippen molar-refractivity contribution in [3.05, 3.63) is 43.6 Å². The van der Waals surface area contributed by atoms with Crippen LogP contribution in [-0.2, 0) is 12.8 Å². The van der Waals surface area contributed by atoms with Crippen LogP contribution in [0.3, 0.4) is 0 Å². The number of nitrogens with one attached hydrogen (secondary N) is 1. The number of carbonyl (C=O) groups excluding carboxylic acids is 1. The van der Waals surface area contributed by atoms with Gasteiger partial charge >= 0.3 is 12.4 Å². The highest BCUT2D eigenvalue weighted by Gasteiger charge is 2.30. The van der Waals surface area contributed by atoms with Gasteiger partial charge in [0.2, 0.25) is 0 Å². The lowest BCUT2D eigenvalue weighted by Gasteiger charge is -2.01. The van der Waals surface area contributed by atoms with Crippen LogP contribution in [0.15, 0.2) is 16.9 Å². The maximum atomic E-state index is 12.1. The molecule has 30 heavy (non-hydrogen) atoms. The molecule has 0 saturated carbocycles. The molecule has 0 spiro atoms. The first-order chi connectivity index (χ1) is 13.6. The Morgan fingerprint density at radius 1 is 1.07 bits per heavy atom. The number of aromatic amines is 1. The number of hydrogen-bond acceptors (Lipinski definition) is 6. The molecule has 0 fully saturated rings. The third-order valence-electron chi connectivity index (χ3n) is 3.40. The average Bonchev–Trinajstić information content (AvgIpc) is 3.07. The molecule has 0 aliphatic rings. The largest absolute Gasteiger partial charge is 0.393 e. The molecule has 0 aromatic carbocycles. The molecule has 3 aromatic rings. The van der Waals surface area contributed by atoms with Gasteiger partial charge in [0.05, 0.1) is 28.8 Å². The standard InChI is InChI=1S/C9H7F3N2OS.C7H7F3N2OS/c1-4-13-7(15)6-2-5(3-9(10,11)12)16-8(6)14-4;8-7(9,10)2-3-1-4(5(11)13)6(12)14-3/h2H,3H2,1H3,(H,13,14,15);1H,2,12H2,(H2,11,13). The molecule has 14 heteroatoms.